The molecular formula is C20H32N2O2. The lowest BCUT2D eigenvalue weighted by molar-refractivity contribution is 0.000389. The minimum Gasteiger partial charge on any atom is -0.444 e. The normalized spacial score (nSPS) is 23.2. The molecule has 4 heteroatoms. The molecule has 0 bridgehead atoms. The van der Waals surface area contributed by atoms with Crippen molar-refractivity contribution in [2.45, 2.75) is 58.7 Å². The summed E-state index contributed by atoms with van der Waals surface area (Å²) in [7, 11) is 2.16. The van der Waals surface area contributed by atoms with Gasteiger partial charge < -0.3 is 9.64 Å². The number of carbonyl (C=O) groups is 1. The molecule has 0 aromatic heterocycles. The highest BCUT2D eigenvalue weighted by atomic mass is 16.6. The maximum absolute atomic E-state index is 12.4. The number of rotatable bonds is 3. The van der Waals surface area contributed by atoms with Gasteiger partial charge in [-0.2, -0.15) is 0 Å². The molecule has 1 aliphatic rings. The summed E-state index contributed by atoms with van der Waals surface area (Å²) in [6.45, 7) is 11.8. The van der Waals surface area contributed by atoms with Crippen molar-refractivity contribution in [3.8, 4) is 0 Å². The second-order valence-corrected chi connectivity index (χ2v) is 8.01. The zero-order chi connectivity index (χ0) is 17.9. The van der Waals surface area contributed by atoms with E-state index in [2.05, 4.69) is 50.1 Å². The summed E-state index contributed by atoms with van der Waals surface area (Å²) in [5, 5.41) is 0. The van der Waals surface area contributed by atoms with Gasteiger partial charge in [0.15, 0.2) is 0 Å². The van der Waals surface area contributed by atoms with Crippen LogP contribution < -0.4 is 0 Å². The summed E-state index contributed by atoms with van der Waals surface area (Å²) in [5.41, 5.74) is 0.861. The number of hydrogen-bond acceptors (Lipinski definition) is 3. The molecule has 1 aliphatic heterocycles. The fourth-order valence-corrected chi connectivity index (χ4v) is 3.33. The molecule has 0 aliphatic carbocycles. The van der Waals surface area contributed by atoms with Crippen molar-refractivity contribution >= 4 is 6.09 Å². The summed E-state index contributed by atoms with van der Waals surface area (Å²) in [6, 6.07) is 11.2. The van der Waals surface area contributed by atoms with Crippen molar-refractivity contribution in [2.24, 2.45) is 5.92 Å². The van der Waals surface area contributed by atoms with Crippen molar-refractivity contribution in [3.63, 3.8) is 0 Å². The van der Waals surface area contributed by atoms with E-state index in [1.165, 1.54) is 5.56 Å². The Labute approximate surface area is 146 Å². The van der Waals surface area contributed by atoms with Gasteiger partial charge in [-0.15, -0.1) is 0 Å². The van der Waals surface area contributed by atoms with E-state index in [4.69, 9.17) is 4.74 Å². The summed E-state index contributed by atoms with van der Waals surface area (Å²) in [5.74, 6) is 0.555. The third-order valence-electron chi connectivity index (χ3n) is 4.99. The summed E-state index contributed by atoms with van der Waals surface area (Å²) in [6.07, 6.45) is 0.815. The summed E-state index contributed by atoms with van der Waals surface area (Å²) < 4.78 is 5.55. The predicted octanol–water partition coefficient (Wildman–Crippen LogP) is 4.32. The van der Waals surface area contributed by atoms with E-state index in [0.29, 0.717) is 18.0 Å². The monoisotopic (exact) mass is 332 g/mol. The average Bonchev–Trinajstić information content (AvgIpc) is 2.53. The van der Waals surface area contributed by atoms with Crippen molar-refractivity contribution in [1.82, 2.24) is 9.80 Å². The van der Waals surface area contributed by atoms with Gasteiger partial charge in [0.2, 0.25) is 0 Å². The lowest BCUT2D eigenvalue weighted by Crippen LogP contribution is -2.53. The van der Waals surface area contributed by atoms with Crippen molar-refractivity contribution < 1.29 is 9.53 Å². The van der Waals surface area contributed by atoms with Crippen LogP contribution in [-0.2, 0) is 4.74 Å². The number of nitrogens with zero attached hydrogens (tertiary/aromatic N) is 2. The number of benzene rings is 1. The molecule has 0 radical (unpaired) electrons. The van der Waals surface area contributed by atoms with Crippen LogP contribution in [0.2, 0.25) is 0 Å². The van der Waals surface area contributed by atoms with Crippen LogP contribution in [0.25, 0.3) is 0 Å². The van der Waals surface area contributed by atoms with Gasteiger partial charge in [0.05, 0.1) is 0 Å². The van der Waals surface area contributed by atoms with Crippen LogP contribution in [0.3, 0.4) is 0 Å². The molecule has 0 spiro atoms. The Kier molecular flexibility index (Phi) is 5.92. The number of ether oxygens (including phenoxy) is 1. The molecule has 1 aromatic carbocycles. The van der Waals surface area contributed by atoms with Crippen LogP contribution in [0.4, 0.5) is 4.79 Å². The number of carbonyl (C=O) groups excluding carboxylic acids is 1. The maximum atomic E-state index is 12.4. The van der Waals surface area contributed by atoms with Gasteiger partial charge in [-0.3, -0.25) is 4.90 Å². The lowest BCUT2D eigenvalue weighted by atomic mass is 9.91. The SMILES string of the molecule is C[C@H]1CCN(C(=O)OC(C)(C)C)C[C@@H]1N(C)[C@@H](C)c1ccccc1. The predicted molar refractivity (Wildman–Crippen MR) is 98.0 cm³/mol. The molecule has 2 rings (SSSR count). The molecule has 134 valence electrons. The molecule has 3 atom stereocenters. The Morgan fingerprint density at radius 2 is 1.92 bits per heavy atom. The molecule has 4 nitrogen and oxygen atoms in total. The molecule has 1 amide bonds. The van der Waals surface area contributed by atoms with Crippen molar-refractivity contribution in [3.05, 3.63) is 35.9 Å². The molecule has 1 saturated heterocycles. The minimum atomic E-state index is -0.446. The van der Waals surface area contributed by atoms with Crippen LogP contribution in [-0.4, -0.2) is 47.7 Å². The first-order valence-corrected chi connectivity index (χ1v) is 8.94. The van der Waals surface area contributed by atoms with E-state index in [-0.39, 0.29) is 6.09 Å². The van der Waals surface area contributed by atoms with Crippen LogP contribution >= 0.6 is 0 Å². The zero-order valence-corrected chi connectivity index (χ0v) is 16.0. The van der Waals surface area contributed by atoms with Gasteiger partial charge in [0.1, 0.15) is 5.60 Å². The van der Waals surface area contributed by atoms with Gasteiger partial charge in [0.25, 0.3) is 0 Å². The number of likely N-dealkylation sites (tertiary alicyclic amines) is 1. The van der Waals surface area contributed by atoms with Gasteiger partial charge >= 0.3 is 6.09 Å². The summed E-state index contributed by atoms with van der Waals surface area (Å²) >= 11 is 0. The maximum Gasteiger partial charge on any atom is 0.410 e. The highest BCUT2D eigenvalue weighted by Crippen LogP contribution is 2.29. The lowest BCUT2D eigenvalue weighted by Gasteiger charge is -2.44. The topological polar surface area (TPSA) is 32.8 Å². The number of piperidine rings is 1. The van der Waals surface area contributed by atoms with Crippen LogP contribution in [0.1, 0.15) is 52.6 Å². The standard InChI is InChI=1S/C20H32N2O2/c1-15-12-13-22(19(23)24-20(3,4)5)14-18(15)21(6)16(2)17-10-8-7-9-11-17/h7-11,15-16,18H,12-14H2,1-6H3/t15-,16-,18-/m0/s1. The minimum absolute atomic E-state index is 0.194. The van der Waals surface area contributed by atoms with Gasteiger partial charge in [-0.05, 0) is 52.6 Å². The first-order chi connectivity index (χ1) is 11.2. The smallest absolute Gasteiger partial charge is 0.410 e. The average molecular weight is 332 g/mol. The third-order valence-corrected chi connectivity index (χ3v) is 4.99. The number of hydrogen-bond donors (Lipinski definition) is 0. The van der Waals surface area contributed by atoms with E-state index in [1.54, 1.807) is 0 Å². The van der Waals surface area contributed by atoms with E-state index in [1.807, 2.05) is 31.7 Å². The zero-order valence-electron chi connectivity index (χ0n) is 16.0. The van der Waals surface area contributed by atoms with E-state index < -0.39 is 5.60 Å². The Morgan fingerprint density at radius 1 is 1.29 bits per heavy atom. The molecule has 0 unspecified atom stereocenters. The molecule has 24 heavy (non-hydrogen) atoms. The van der Waals surface area contributed by atoms with Crippen LogP contribution in [0.15, 0.2) is 30.3 Å². The van der Waals surface area contributed by atoms with E-state index in [9.17, 15) is 4.79 Å². The molecule has 1 aromatic rings. The van der Waals surface area contributed by atoms with Crippen LogP contribution in [0.5, 0.6) is 0 Å². The summed E-state index contributed by atoms with van der Waals surface area (Å²) in [4.78, 5) is 16.7. The highest BCUT2D eigenvalue weighted by molar-refractivity contribution is 5.68. The van der Waals surface area contributed by atoms with Crippen molar-refractivity contribution in [2.75, 3.05) is 20.1 Å². The Morgan fingerprint density at radius 3 is 2.50 bits per heavy atom. The van der Waals surface area contributed by atoms with E-state index >= 15 is 0 Å². The molecule has 1 fully saturated rings. The fourth-order valence-electron chi connectivity index (χ4n) is 3.33. The first kappa shape index (κ1) is 18.8. The molecule has 0 saturated carbocycles. The Balaban J connectivity index is 2.06. The third kappa shape index (κ3) is 4.73. The van der Waals surface area contributed by atoms with Gasteiger partial charge in [-0.1, -0.05) is 37.3 Å². The first-order valence-electron chi connectivity index (χ1n) is 8.94. The quantitative estimate of drug-likeness (QED) is 0.826. The largest absolute Gasteiger partial charge is 0.444 e. The van der Waals surface area contributed by atoms with Gasteiger partial charge in [0, 0.05) is 25.2 Å². The second-order valence-electron chi connectivity index (χ2n) is 8.01. The van der Waals surface area contributed by atoms with E-state index in [0.717, 1.165) is 19.5 Å². The molecule has 0 N–H and O–H groups in total. The van der Waals surface area contributed by atoms with Crippen molar-refractivity contribution in [1.29, 1.82) is 0 Å². The highest BCUT2D eigenvalue weighted by Gasteiger charge is 2.35. The number of likely N-dealkylation sites (N-methyl/N-ethyl adjacent to an activating group) is 1. The fraction of sp³-hybridized carbons (Fsp3) is 0.650. The van der Waals surface area contributed by atoms with Crippen LogP contribution in [0, 0.1) is 5.92 Å². The molecule has 1 heterocycles. The Bertz CT molecular complexity index is 538. The Hall–Kier alpha value is -1.55. The number of amides is 1. The van der Waals surface area contributed by atoms with Gasteiger partial charge in [-0.25, -0.2) is 4.79 Å². The second kappa shape index (κ2) is 7.56. The molecular weight excluding hydrogens is 300 g/mol.